The third-order valence-corrected chi connectivity index (χ3v) is 6.55. The maximum atomic E-state index is 13.7. The molecule has 4 rings (SSSR count). The minimum absolute atomic E-state index is 0.0665. The number of rotatable bonds is 8. The van der Waals surface area contributed by atoms with E-state index in [0.29, 0.717) is 17.7 Å². The van der Waals surface area contributed by atoms with Gasteiger partial charge >= 0.3 is 5.97 Å². The van der Waals surface area contributed by atoms with Gasteiger partial charge in [-0.15, -0.1) is 11.3 Å². The van der Waals surface area contributed by atoms with Gasteiger partial charge in [-0.1, -0.05) is 24.3 Å². The molecule has 0 unspecified atom stereocenters. The van der Waals surface area contributed by atoms with Crippen LogP contribution in [0.3, 0.4) is 0 Å². The second-order valence-electron chi connectivity index (χ2n) is 7.43. The molecule has 1 heterocycles. The summed E-state index contributed by atoms with van der Waals surface area (Å²) in [7, 11) is 3.25. The summed E-state index contributed by atoms with van der Waals surface area (Å²) >= 11 is 1.56. The number of benzene rings is 3. The Morgan fingerprint density at radius 2 is 1.56 bits per heavy atom. The van der Waals surface area contributed by atoms with Crippen molar-refractivity contribution in [1.29, 1.82) is 0 Å². The first kappa shape index (κ1) is 23.3. The molecule has 0 aliphatic carbocycles. The normalized spacial score (nSPS) is 11.0. The van der Waals surface area contributed by atoms with E-state index in [4.69, 9.17) is 14.2 Å². The lowest BCUT2D eigenvalue weighted by Gasteiger charge is -2.07. The van der Waals surface area contributed by atoms with Crippen LogP contribution >= 0.6 is 11.3 Å². The van der Waals surface area contributed by atoms with E-state index in [1.54, 1.807) is 50.7 Å². The molecule has 0 aliphatic rings. The highest BCUT2D eigenvalue weighted by molar-refractivity contribution is 7.22. The number of carbonyl (C=O) groups is 2. The van der Waals surface area contributed by atoms with Crippen LogP contribution in [0.5, 0.6) is 11.5 Å². The summed E-state index contributed by atoms with van der Waals surface area (Å²) in [4.78, 5) is 26.2. The number of hydrogen-bond acceptors (Lipinski definition) is 6. The van der Waals surface area contributed by atoms with Crippen molar-refractivity contribution >= 4 is 39.3 Å². The van der Waals surface area contributed by atoms with Crippen LogP contribution in [0.25, 0.3) is 26.6 Å². The van der Waals surface area contributed by atoms with E-state index in [2.05, 4.69) is 0 Å². The van der Waals surface area contributed by atoms with Crippen LogP contribution in [0.15, 0.2) is 72.8 Å². The molecule has 1 aromatic heterocycles. The van der Waals surface area contributed by atoms with Gasteiger partial charge in [0, 0.05) is 32.2 Å². The number of fused-ring (bicyclic) bond motifs is 1. The smallest absolute Gasteiger partial charge is 0.330 e. The van der Waals surface area contributed by atoms with Gasteiger partial charge in [0.1, 0.15) is 11.5 Å². The fourth-order valence-corrected chi connectivity index (χ4v) is 4.85. The van der Waals surface area contributed by atoms with Crippen molar-refractivity contribution in [2.45, 2.75) is 6.92 Å². The van der Waals surface area contributed by atoms with Gasteiger partial charge in [-0.3, -0.25) is 4.79 Å². The van der Waals surface area contributed by atoms with E-state index in [1.165, 1.54) is 6.08 Å². The van der Waals surface area contributed by atoms with Gasteiger partial charge in [0.15, 0.2) is 5.78 Å². The Balaban J connectivity index is 1.74. The largest absolute Gasteiger partial charge is 0.497 e. The quantitative estimate of drug-likeness (QED) is 0.169. The molecule has 0 N–H and O–H groups in total. The number of carbonyl (C=O) groups excluding carboxylic acids is 2. The monoisotopic (exact) mass is 472 g/mol. The van der Waals surface area contributed by atoms with E-state index >= 15 is 0 Å². The van der Waals surface area contributed by atoms with Crippen LogP contribution in [0.2, 0.25) is 0 Å². The van der Waals surface area contributed by atoms with E-state index in [9.17, 15) is 9.59 Å². The molecule has 3 aromatic carbocycles. The number of ketones is 1. The number of methoxy groups -OCH3 is 2. The average Bonchev–Trinajstić information content (AvgIpc) is 3.26. The van der Waals surface area contributed by atoms with E-state index in [-0.39, 0.29) is 5.78 Å². The second-order valence-corrected chi connectivity index (χ2v) is 8.49. The zero-order valence-electron chi connectivity index (χ0n) is 19.2. The molecule has 172 valence electrons. The Hall–Kier alpha value is -3.90. The lowest BCUT2D eigenvalue weighted by Crippen LogP contribution is -2.02. The molecule has 0 radical (unpaired) electrons. The molecule has 0 saturated heterocycles. The molecule has 0 spiro atoms. The molecule has 6 heteroatoms. The Morgan fingerprint density at radius 3 is 2.21 bits per heavy atom. The highest BCUT2D eigenvalue weighted by atomic mass is 32.1. The van der Waals surface area contributed by atoms with Crippen molar-refractivity contribution in [2.75, 3.05) is 20.8 Å². The van der Waals surface area contributed by atoms with Gasteiger partial charge in [-0.2, -0.15) is 0 Å². The second kappa shape index (κ2) is 10.4. The zero-order chi connectivity index (χ0) is 24.1. The molecular weight excluding hydrogens is 448 g/mol. The number of hydrogen-bond donors (Lipinski definition) is 0. The summed E-state index contributed by atoms with van der Waals surface area (Å²) < 4.78 is 16.6. The highest BCUT2D eigenvalue weighted by Gasteiger charge is 2.22. The van der Waals surface area contributed by atoms with Gasteiger partial charge in [-0.25, -0.2) is 4.79 Å². The Bertz CT molecular complexity index is 1350. The maximum absolute atomic E-state index is 13.7. The fourth-order valence-electron chi connectivity index (χ4n) is 3.62. The predicted molar refractivity (Wildman–Crippen MR) is 136 cm³/mol. The summed E-state index contributed by atoms with van der Waals surface area (Å²) in [6.07, 6.45) is 3.04. The summed E-state index contributed by atoms with van der Waals surface area (Å²) in [6, 6.07) is 20.6. The third-order valence-electron chi connectivity index (χ3n) is 5.35. The SMILES string of the molecule is CCOC(=O)/C=C/c1ccc(C(=O)c2c(-c3ccc(OC)cc3)sc3cc(OC)ccc23)cc1. The first-order valence-electron chi connectivity index (χ1n) is 10.8. The first-order valence-corrected chi connectivity index (χ1v) is 11.6. The summed E-state index contributed by atoms with van der Waals surface area (Å²) in [5.74, 6) is 1.03. The van der Waals surface area contributed by atoms with Gasteiger partial charge in [0.25, 0.3) is 0 Å². The molecule has 4 aromatic rings. The van der Waals surface area contributed by atoms with Crippen LogP contribution in [0, 0.1) is 0 Å². The molecule has 0 amide bonds. The fraction of sp³-hybridized carbons (Fsp3) is 0.143. The minimum Gasteiger partial charge on any atom is -0.497 e. The average molecular weight is 473 g/mol. The van der Waals surface area contributed by atoms with Crippen LogP contribution < -0.4 is 9.47 Å². The molecule has 5 nitrogen and oxygen atoms in total. The number of thiophene rings is 1. The zero-order valence-corrected chi connectivity index (χ0v) is 20.0. The number of ether oxygens (including phenoxy) is 3. The predicted octanol–water partition coefficient (Wildman–Crippen LogP) is 6.39. The highest BCUT2D eigenvalue weighted by Crippen LogP contribution is 2.41. The van der Waals surface area contributed by atoms with Crippen molar-refractivity contribution in [3.63, 3.8) is 0 Å². The molecular formula is C28H24O5S. The Kier molecular flexibility index (Phi) is 7.09. The minimum atomic E-state index is -0.396. The van der Waals surface area contributed by atoms with Gasteiger partial charge in [-0.05, 0) is 66.6 Å². The summed E-state index contributed by atoms with van der Waals surface area (Å²) in [5.41, 5.74) is 2.97. The molecule has 0 fully saturated rings. The topological polar surface area (TPSA) is 61.8 Å². The molecule has 0 aliphatic heterocycles. The summed E-state index contributed by atoms with van der Waals surface area (Å²) in [5, 5.41) is 0.882. The Labute approximate surface area is 202 Å². The number of esters is 1. The van der Waals surface area contributed by atoms with Crippen LogP contribution in [-0.4, -0.2) is 32.6 Å². The molecule has 0 bridgehead atoms. The van der Waals surface area contributed by atoms with Crippen molar-refractivity contribution in [1.82, 2.24) is 0 Å². The molecule has 34 heavy (non-hydrogen) atoms. The standard InChI is InChI=1S/C28H24O5S/c1-4-33-25(29)16-7-18-5-8-19(9-6-18)27(30)26-23-15-14-22(32-3)17-24(23)34-28(26)20-10-12-21(31-2)13-11-20/h5-17H,4H2,1-3H3/b16-7+. The van der Waals surface area contributed by atoms with Crippen molar-refractivity contribution in [3.05, 3.63) is 89.5 Å². The van der Waals surface area contributed by atoms with Crippen LogP contribution in [0.4, 0.5) is 0 Å². The lowest BCUT2D eigenvalue weighted by molar-refractivity contribution is -0.137. The maximum Gasteiger partial charge on any atom is 0.330 e. The van der Waals surface area contributed by atoms with Gasteiger partial charge in [0.2, 0.25) is 0 Å². The molecule has 0 saturated carbocycles. The van der Waals surface area contributed by atoms with Crippen molar-refractivity contribution in [2.24, 2.45) is 0 Å². The van der Waals surface area contributed by atoms with Crippen molar-refractivity contribution < 1.29 is 23.8 Å². The first-order chi connectivity index (χ1) is 16.5. The third kappa shape index (κ3) is 4.87. The van der Waals surface area contributed by atoms with Crippen LogP contribution in [-0.2, 0) is 9.53 Å². The van der Waals surface area contributed by atoms with E-state index < -0.39 is 5.97 Å². The van der Waals surface area contributed by atoms with Gasteiger partial charge in [0.05, 0.1) is 20.8 Å². The molecule has 0 atom stereocenters. The van der Waals surface area contributed by atoms with Gasteiger partial charge < -0.3 is 14.2 Å². The Morgan fingerprint density at radius 1 is 0.882 bits per heavy atom. The van der Waals surface area contributed by atoms with E-state index in [1.807, 2.05) is 54.6 Å². The van der Waals surface area contributed by atoms with Crippen molar-refractivity contribution in [3.8, 4) is 21.9 Å². The summed E-state index contributed by atoms with van der Waals surface area (Å²) in [6.45, 7) is 2.09. The lowest BCUT2D eigenvalue weighted by atomic mass is 9.97. The van der Waals surface area contributed by atoms with E-state index in [0.717, 1.165) is 37.6 Å². The van der Waals surface area contributed by atoms with Crippen LogP contribution in [0.1, 0.15) is 28.4 Å².